The predicted molar refractivity (Wildman–Crippen MR) is 69.5 cm³/mol. The van der Waals surface area contributed by atoms with Crippen LogP contribution < -0.4 is 10.5 Å². The number of carboxylic acids is 1. The fourth-order valence-corrected chi connectivity index (χ4v) is 2.16. The lowest BCUT2D eigenvalue weighted by Gasteiger charge is -2.08. The van der Waals surface area contributed by atoms with Gasteiger partial charge in [0.05, 0.1) is 7.11 Å². The molecule has 0 spiro atoms. The highest BCUT2D eigenvalue weighted by Crippen LogP contribution is 2.31. The Kier molecular flexibility index (Phi) is 4.90. The number of thioether (sulfide) groups is 1. The predicted octanol–water partition coefficient (Wildman–Crippen LogP) is 2.40. The minimum Gasteiger partial charge on any atom is -0.496 e. The summed E-state index contributed by atoms with van der Waals surface area (Å²) in [5.41, 5.74) is 7.08. The first-order valence-corrected chi connectivity index (χ1v) is 5.98. The second-order valence-corrected chi connectivity index (χ2v) is 4.55. The monoisotopic (exact) mass is 253 g/mol. The molecule has 0 aliphatic rings. The van der Waals surface area contributed by atoms with Crippen LogP contribution >= 0.6 is 11.8 Å². The van der Waals surface area contributed by atoms with Gasteiger partial charge in [-0.15, -0.1) is 11.8 Å². The molecule has 0 radical (unpaired) electrons. The number of nitrogens with two attached hydrogens (primary N) is 1. The van der Waals surface area contributed by atoms with E-state index in [1.54, 1.807) is 26.2 Å². The number of carboxylic acid groups (broad SMARTS) is 1. The maximum Gasteiger partial charge on any atom is 0.328 e. The highest BCUT2D eigenvalue weighted by atomic mass is 32.2. The average Bonchev–Trinajstić information content (AvgIpc) is 2.26. The Balaban J connectivity index is 2.72. The second-order valence-electron chi connectivity index (χ2n) is 3.53. The van der Waals surface area contributed by atoms with Gasteiger partial charge in [0, 0.05) is 28.5 Å². The van der Waals surface area contributed by atoms with E-state index in [1.165, 1.54) is 17.8 Å². The molecule has 0 aliphatic heterocycles. The van der Waals surface area contributed by atoms with Gasteiger partial charge < -0.3 is 15.6 Å². The summed E-state index contributed by atoms with van der Waals surface area (Å²) in [6.07, 6.45) is 1.21. The first-order chi connectivity index (χ1) is 8.02. The lowest BCUT2D eigenvalue weighted by atomic mass is 10.3. The maximum atomic E-state index is 10.5. The van der Waals surface area contributed by atoms with Crippen LogP contribution in [0, 0.1) is 0 Å². The van der Waals surface area contributed by atoms with Crippen LogP contribution in [0.2, 0.25) is 0 Å². The van der Waals surface area contributed by atoms with Crippen LogP contribution in [0.4, 0.5) is 5.69 Å². The summed E-state index contributed by atoms with van der Waals surface area (Å²) in [5.74, 6) is 0.387. The van der Waals surface area contributed by atoms with E-state index in [-0.39, 0.29) is 0 Å². The van der Waals surface area contributed by atoms with Gasteiger partial charge in [0.1, 0.15) is 5.75 Å². The first-order valence-electron chi connectivity index (χ1n) is 4.99. The van der Waals surface area contributed by atoms with Gasteiger partial charge >= 0.3 is 5.97 Å². The normalized spacial score (nSPS) is 11.3. The number of ether oxygens (including phenoxy) is 1. The zero-order chi connectivity index (χ0) is 12.8. The van der Waals surface area contributed by atoms with Crippen LogP contribution in [0.3, 0.4) is 0 Å². The van der Waals surface area contributed by atoms with Gasteiger partial charge in [0.25, 0.3) is 0 Å². The van der Waals surface area contributed by atoms with Gasteiger partial charge in [-0.05, 0) is 19.1 Å². The standard InChI is InChI=1S/C12H15NO3S/c1-8(5-12(14)15)7-17-11-4-3-9(13)6-10(11)16-2/h3-6H,7,13H2,1-2H3,(H,14,15). The minimum absolute atomic E-state index is 0.604. The lowest BCUT2D eigenvalue weighted by molar-refractivity contribution is -0.131. The van der Waals surface area contributed by atoms with Crippen LogP contribution in [0.5, 0.6) is 5.75 Å². The Morgan fingerprint density at radius 2 is 2.29 bits per heavy atom. The maximum absolute atomic E-state index is 10.5. The van der Waals surface area contributed by atoms with Crippen LogP contribution in [-0.4, -0.2) is 23.9 Å². The topological polar surface area (TPSA) is 72.5 Å². The third-order valence-corrected chi connectivity index (χ3v) is 3.26. The second kappa shape index (κ2) is 6.20. The Morgan fingerprint density at radius 3 is 2.88 bits per heavy atom. The van der Waals surface area contributed by atoms with Crippen molar-refractivity contribution in [1.29, 1.82) is 0 Å². The summed E-state index contributed by atoms with van der Waals surface area (Å²) in [6, 6.07) is 5.41. The number of anilines is 1. The van der Waals surface area contributed by atoms with Gasteiger partial charge in [-0.2, -0.15) is 0 Å². The third kappa shape index (κ3) is 4.40. The van der Waals surface area contributed by atoms with Crippen molar-refractivity contribution in [2.45, 2.75) is 11.8 Å². The van der Waals surface area contributed by atoms with Crippen molar-refractivity contribution in [1.82, 2.24) is 0 Å². The van der Waals surface area contributed by atoms with Crippen LogP contribution in [0.15, 0.2) is 34.7 Å². The molecule has 1 aromatic carbocycles. The molecule has 17 heavy (non-hydrogen) atoms. The van der Waals surface area contributed by atoms with Gasteiger partial charge in [0.2, 0.25) is 0 Å². The lowest BCUT2D eigenvalue weighted by Crippen LogP contribution is -1.93. The van der Waals surface area contributed by atoms with Crippen LogP contribution in [-0.2, 0) is 4.79 Å². The van der Waals surface area contributed by atoms with Crippen molar-refractivity contribution in [3.8, 4) is 5.75 Å². The Hall–Kier alpha value is -1.62. The smallest absolute Gasteiger partial charge is 0.328 e. The number of nitrogen functional groups attached to an aromatic ring is 1. The summed E-state index contributed by atoms with van der Waals surface area (Å²) in [7, 11) is 1.58. The number of carbonyl (C=O) groups is 1. The van der Waals surface area contributed by atoms with E-state index in [1.807, 2.05) is 6.07 Å². The zero-order valence-electron chi connectivity index (χ0n) is 9.77. The number of methoxy groups -OCH3 is 1. The number of hydrogen-bond donors (Lipinski definition) is 2. The minimum atomic E-state index is -0.924. The largest absolute Gasteiger partial charge is 0.496 e. The van der Waals surface area contributed by atoms with E-state index in [2.05, 4.69) is 0 Å². The van der Waals surface area contributed by atoms with Crippen LogP contribution in [0.25, 0.3) is 0 Å². The first kappa shape index (κ1) is 13.4. The molecule has 0 aromatic heterocycles. The highest BCUT2D eigenvalue weighted by molar-refractivity contribution is 7.99. The number of benzene rings is 1. The molecule has 0 fully saturated rings. The molecule has 4 nitrogen and oxygen atoms in total. The number of hydrogen-bond acceptors (Lipinski definition) is 4. The van der Waals surface area contributed by atoms with Gasteiger partial charge in [-0.1, -0.05) is 5.57 Å². The molecule has 0 amide bonds. The van der Waals surface area contributed by atoms with Gasteiger partial charge in [-0.3, -0.25) is 0 Å². The summed E-state index contributed by atoms with van der Waals surface area (Å²) in [5, 5.41) is 8.59. The molecule has 3 N–H and O–H groups in total. The van der Waals surface area contributed by atoms with E-state index in [4.69, 9.17) is 15.6 Å². The fourth-order valence-electron chi connectivity index (χ4n) is 1.25. The summed E-state index contributed by atoms with van der Waals surface area (Å²) >= 11 is 1.52. The molecule has 0 aliphatic carbocycles. The Morgan fingerprint density at radius 1 is 1.59 bits per heavy atom. The van der Waals surface area contributed by atoms with Crippen molar-refractivity contribution < 1.29 is 14.6 Å². The summed E-state index contributed by atoms with van der Waals surface area (Å²) in [4.78, 5) is 11.4. The molecule has 1 aromatic rings. The molecule has 0 atom stereocenters. The summed E-state index contributed by atoms with van der Waals surface area (Å²) in [6.45, 7) is 1.78. The quantitative estimate of drug-likeness (QED) is 0.479. The highest BCUT2D eigenvalue weighted by Gasteiger charge is 2.04. The zero-order valence-corrected chi connectivity index (χ0v) is 10.6. The fraction of sp³-hybridized carbons (Fsp3) is 0.250. The number of aliphatic carboxylic acids is 1. The van der Waals surface area contributed by atoms with E-state index in [9.17, 15) is 4.79 Å². The Bertz CT molecular complexity index is 443. The molecule has 1 rings (SSSR count). The van der Waals surface area contributed by atoms with Crippen LogP contribution in [0.1, 0.15) is 6.92 Å². The van der Waals surface area contributed by atoms with Crippen molar-refractivity contribution in [2.24, 2.45) is 0 Å². The SMILES string of the molecule is COc1cc(N)ccc1SCC(C)=CC(=O)O. The average molecular weight is 253 g/mol. The van der Waals surface area contributed by atoms with Crippen molar-refractivity contribution in [3.05, 3.63) is 29.8 Å². The molecule has 0 unspecified atom stereocenters. The Labute approximate surface area is 104 Å². The molecule has 5 heteroatoms. The van der Waals surface area contributed by atoms with Crippen molar-refractivity contribution >= 4 is 23.4 Å². The molecule has 0 saturated carbocycles. The molecule has 92 valence electrons. The van der Waals surface area contributed by atoms with Crippen molar-refractivity contribution in [3.63, 3.8) is 0 Å². The molecule has 0 heterocycles. The number of rotatable bonds is 5. The van der Waals surface area contributed by atoms with Gasteiger partial charge in [-0.25, -0.2) is 4.79 Å². The summed E-state index contributed by atoms with van der Waals surface area (Å²) < 4.78 is 5.20. The van der Waals surface area contributed by atoms with Gasteiger partial charge in [0.15, 0.2) is 0 Å². The van der Waals surface area contributed by atoms with Crippen molar-refractivity contribution in [2.75, 3.05) is 18.6 Å². The van der Waals surface area contributed by atoms with E-state index < -0.39 is 5.97 Å². The molecular formula is C12H15NO3S. The van der Waals surface area contributed by atoms with E-state index in [0.717, 1.165) is 10.5 Å². The van der Waals surface area contributed by atoms with E-state index >= 15 is 0 Å². The third-order valence-electron chi connectivity index (χ3n) is 2.01. The molecular weight excluding hydrogens is 238 g/mol. The molecule has 0 bridgehead atoms. The van der Waals surface area contributed by atoms with E-state index in [0.29, 0.717) is 17.2 Å². The molecule has 0 saturated heterocycles.